The maximum absolute atomic E-state index is 12.4. The van der Waals surface area contributed by atoms with Crippen LogP contribution in [0.15, 0.2) is 0 Å². The zero-order valence-corrected chi connectivity index (χ0v) is 10.6. The quantitative estimate of drug-likeness (QED) is 0.591. The molecule has 2 rings (SSSR count). The summed E-state index contributed by atoms with van der Waals surface area (Å²) in [7, 11) is 0. The number of ketones is 1. The predicted molar refractivity (Wildman–Crippen MR) is 62.6 cm³/mol. The number of carbonyl (C=O) groups is 1. The van der Waals surface area contributed by atoms with Crippen LogP contribution in [-0.4, -0.2) is 5.78 Å². The molecule has 0 heterocycles. The third-order valence-corrected chi connectivity index (χ3v) is 4.97. The third-order valence-electron chi connectivity index (χ3n) is 4.97. The molecule has 0 saturated heterocycles. The minimum atomic E-state index is 0.235. The van der Waals surface area contributed by atoms with Gasteiger partial charge in [-0.25, -0.2) is 0 Å². The van der Waals surface area contributed by atoms with Crippen LogP contribution >= 0.6 is 0 Å². The Hall–Kier alpha value is -0.330. The van der Waals surface area contributed by atoms with Crippen molar-refractivity contribution in [1.29, 1.82) is 0 Å². The van der Waals surface area contributed by atoms with Crippen molar-refractivity contribution in [2.45, 2.75) is 59.8 Å². The summed E-state index contributed by atoms with van der Waals surface area (Å²) >= 11 is 0. The molecule has 2 aliphatic rings. The maximum Gasteiger partial charge on any atom is 0.139 e. The van der Waals surface area contributed by atoms with Crippen molar-refractivity contribution >= 4 is 5.78 Å². The fraction of sp³-hybridized carbons (Fsp3) is 0.929. The first-order chi connectivity index (χ1) is 6.87. The summed E-state index contributed by atoms with van der Waals surface area (Å²) in [4.78, 5) is 12.4. The molecule has 1 nitrogen and oxygen atoms in total. The van der Waals surface area contributed by atoms with E-state index in [0.29, 0.717) is 23.0 Å². The van der Waals surface area contributed by atoms with Crippen LogP contribution in [0, 0.1) is 22.7 Å². The highest BCUT2D eigenvalue weighted by molar-refractivity contribution is 5.85. The number of fused-ring (bicyclic) bond motifs is 1. The van der Waals surface area contributed by atoms with E-state index in [-0.39, 0.29) is 5.41 Å². The van der Waals surface area contributed by atoms with E-state index in [1.807, 2.05) is 0 Å². The van der Waals surface area contributed by atoms with Gasteiger partial charge in [0.1, 0.15) is 5.78 Å². The average Bonchev–Trinajstić information content (AvgIpc) is 2.10. The summed E-state index contributed by atoms with van der Waals surface area (Å²) in [6, 6.07) is 0. The summed E-state index contributed by atoms with van der Waals surface area (Å²) < 4.78 is 0. The molecule has 3 unspecified atom stereocenters. The molecule has 0 aromatic carbocycles. The standard InChI is InChI=1S/C14H24O/c1-10-6-9-14(4)8-5-7-13(2,3)12(14)11(10)15/h10,12H,5-9H2,1-4H3. The Morgan fingerprint density at radius 3 is 2.47 bits per heavy atom. The summed E-state index contributed by atoms with van der Waals surface area (Å²) in [5.41, 5.74) is 0.546. The largest absolute Gasteiger partial charge is 0.299 e. The maximum atomic E-state index is 12.4. The summed E-state index contributed by atoms with van der Waals surface area (Å²) in [5, 5.41) is 0. The van der Waals surface area contributed by atoms with Gasteiger partial charge in [0, 0.05) is 11.8 Å². The molecular formula is C14H24O. The Morgan fingerprint density at radius 2 is 1.80 bits per heavy atom. The van der Waals surface area contributed by atoms with Crippen LogP contribution in [-0.2, 0) is 4.79 Å². The predicted octanol–water partition coefficient (Wildman–Crippen LogP) is 3.82. The van der Waals surface area contributed by atoms with E-state index in [4.69, 9.17) is 0 Å². The van der Waals surface area contributed by atoms with Crippen molar-refractivity contribution in [3.8, 4) is 0 Å². The number of Topliss-reactive ketones (excluding diaryl/α,β-unsaturated/α-hetero) is 1. The topological polar surface area (TPSA) is 17.1 Å². The molecule has 0 bridgehead atoms. The van der Waals surface area contributed by atoms with Gasteiger partial charge in [-0.1, -0.05) is 34.1 Å². The van der Waals surface area contributed by atoms with Crippen LogP contribution in [0.5, 0.6) is 0 Å². The lowest BCUT2D eigenvalue weighted by molar-refractivity contribution is -0.146. The van der Waals surface area contributed by atoms with E-state index in [1.165, 1.54) is 25.7 Å². The first-order valence-corrected chi connectivity index (χ1v) is 6.41. The molecule has 3 atom stereocenters. The zero-order valence-electron chi connectivity index (χ0n) is 10.6. The second-order valence-electron chi connectivity index (χ2n) is 6.77. The SMILES string of the molecule is CC1CCC2(C)CCCC(C)(C)C2C1=O. The van der Waals surface area contributed by atoms with E-state index in [0.717, 1.165) is 6.42 Å². The van der Waals surface area contributed by atoms with Crippen LogP contribution in [0.25, 0.3) is 0 Å². The van der Waals surface area contributed by atoms with Gasteiger partial charge in [0.2, 0.25) is 0 Å². The van der Waals surface area contributed by atoms with Gasteiger partial charge in [-0.05, 0) is 36.5 Å². The van der Waals surface area contributed by atoms with E-state index in [1.54, 1.807) is 0 Å². The number of carbonyl (C=O) groups excluding carboxylic acids is 1. The van der Waals surface area contributed by atoms with Gasteiger partial charge in [0.25, 0.3) is 0 Å². The molecule has 0 amide bonds. The molecule has 0 spiro atoms. The molecule has 2 aliphatic carbocycles. The highest BCUT2D eigenvalue weighted by Crippen LogP contribution is 2.57. The van der Waals surface area contributed by atoms with Crippen molar-refractivity contribution < 1.29 is 4.79 Å². The molecule has 1 heteroatoms. The minimum absolute atomic E-state index is 0.235. The number of rotatable bonds is 0. The third kappa shape index (κ3) is 1.64. The Bertz CT molecular complexity index is 279. The molecular weight excluding hydrogens is 184 g/mol. The molecule has 2 fully saturated rings. The van der Waals surface area contributed by atoms with Crippen LogP contribution in [0.1, 0.15) is 59.8 Å². The summed E-state index contributed by atoms with van der Waals surface area (Å²) in [6.45, 7) is 9.06. The molecule has 2 saturated carbocycles. The molecule has 0 aliphatic heterocycles. The van der Waals surface area contributed by atoms with Crippen LogP contribution in [0.4, 0.5) is 0 Å². The van der Waals surface area contributed by atoms with E-state index < -0.39 is 0 Å². The van der Waals surface area contributed by atoms with Gasteiger partial charge < -0.3 is 0 Å². The number of hydrogen-bond donors (Lipinski definition) is 0. The fourth-order valence-electron chi connectivity index (χ4n) is 4.15. The Labute approximate surface area is 93.6 Å². The molecule has 0 aromatic heterocycles. The Kier molecular flexibility index (Phi) is 2.48. The van der Waals surface area contributed by atoms with Crippen LogP contribution in [0.3, 0.4) is 0 Å². The lowest BCUT2D eigenvalue weighted by atomic mass is 9.50. The molecule has 0 aromatic rings. The smallest absolute Gasteiger partial charge is 0.139 e. The van der Waals surface area contributed by atoms with Crippen molar-refractivity contribution in [2.75, 3.05) is 0 Å². The average molecular weight is 208 g/mol. The van der Waals surface area contributed by atoms with Crippen molar-refractivity contribution in [2.24, 2.45) is 22.7 Å². The second kappa shape index (κ2) is 3.33. The second-order valence-corrected chi connectivity index (χ2v) is 6.77. The van der Waals surface area contributed by atoms with Gasteiger partial charge in [-0.15, -0.1) is 0 Å². The van der Waals surface area contributed by atoms with Gasteiger partial charge in [0.05, 0.1) is 0 Å². The fourth-order valence-corrected chi connectivity index (χ4v) is 4.15. The van der Waals surface area contributed by atoms with Crippen LogP contribution in [0.2, 0.25) is 0 Å². The normalized spacial score (nSPS) is 44.9. The van der Waals surface area contributed by atoms with Crippen molar-refractivity contribution in [3.63, 3.8) is 0 Å². The highest BCUT2D eigenvalue weighted by Gasteiger charge is 2.53. The summed E-state index contributed by atoms with van der Waals surface area (Å²) in [6.07, 6.45) is 6.17. The van der Waals surface area contributed by atoms with Gasteiger partial charge in [-0.3, -0.25) is 4.79 Å². The summed E-state index contributed by atoms with van der Waals surface area (Å²) in [5.74, 6) is 1.18. The molecule has 0 radical (unpaired) electrons. The first kappa shape index (κ1) is 11.2. The van der Waals surface area contributed by atoms with Gasteiger partial charge >= 0.3 is 0 Å². The zero-order chi connectivity index (χ0) is 11.3. The van der Waals surface area contributed by atoms with Crippen LogP contribution < -0.4 is 0 Å². The Morgan fingerprint density at radius 1 is 1.13 bits per heavy atom. The molecule has 86 valence electrons. The molecule has 15 heavy (non-hydrogen) atoms. The lowest BCUT2D eigenvalue weighted by Gasteiger charge is -2.53. The van der Waals surface area contributed by atoms with E-state index >= 15 is 0 Å². The lowest BCUT2D eigenvalue weighted by Crippen LogP contribution is -2.51. The minimum Gasteiger partial charge on any atom is -0.299 e. The molecule has 0 N–H and O–H groups in total. The van der Waals surface area contributed by atoms with Crippen molar-refractivity contribution in [1.82, 2.24) is 0 Å². The first-order valence-electron chi connectivity index (χ1n) is 6.41. The highest BCUT2D eigenvalue weighted by atomic mass is 16.1. The van der Waals surface area contributed by atoms with Gasteiger partial charge in [-0.2, -0.15) is 0 Å². The number of hydrogen-bond acceptors (Lipinski definition) is 1. The van der Waals surface area contributed by atoms with E-state index in [9.17, 15) is 4.79 Å². The van der Waals surface area contributed by atoms with E-state index in [2.05, 4.69) is 27.7 Å². The van der Waals surface area contributed by atoms with Gasteiger partial charge in [0.15, 0.2) is 0 Å². The Balaban J connectivity index is 2.35. The monoisotopic (exact) mass is 208 g/mol. The van der Waals surface area contributed by atoms with Crippen molar-refractivity contribution in [3.05, 3.63) is 0 Å².